The highest BCUT2D eigenvalue weighted by Gasteiger charge is 2.37. The molecule has 80 valence electrons. The van der Waals surface area contributed by atoms with Gasteiger partial charge < -0.3 is 5.73 Å². The van der Waals surface area contributed by atoms with Crippen LogP contribution in [0.25, 0.3) is 0 Å². The van der Waals surface area contributed by atoms with E-state index in [2.05, 4.69) is 0 Å². The van der Waals surface area contributed by atoms with E-state index < -0.39 is 12.1 Å². The van der Waals surface area contributed by atoms with E-state index in [1.165, 1.54) is 11.8 Å². The van der Waals surface area contributed by atoms with E-state index in [0.29, 0.717) is 0 Å². The number of rotatable bonds is 6. The van der Waals surface area contributed by atoms with Crippen molar-refractivity contribution in [2.75, 3.05) is 18.1 Å². The van der Waals surface area contributed by atoms with Crippen molar-refractivity contribution in [3.8, 4) is 0 Å². The van der Waals surface area contributed by atoms with E-state index in [0.717, 1.165) is 18.6 Å². The third-order valence-corrected chi connectivity index (χ3v) is 2.92. The van der Waals surface area contributed by atoms with Gasteiger partial charge in [-0.15, -0.1) is 0 Å². The van der Waals surface area contributed by atoms with E-state index in [-0.39, 0.29) is 12.3 Å². The third kappa shape index (κ3) is 6.21. The second-order valence-electron chi connectivity index (χ2n) is 2.90. The molecule has 0 aliphatic carbocycles. The van der Waals surface area contributed by atoms with Gasteiger partial charge in [-0.3, -0.25) is 0 Å². The smallest absolute Gasteiger partial charge is 0.330 e. The number of thioether (sulfide) groups is 1. The van der Waals surface area contributed by atoms with Crippen LogP contribution in [0.15, 0.2) is 0 Å². The van der Waals surface area contributed by atoms with Crippen LogP contribution in [0.2, 0.25) is 0 Å². The molecule has 0 aliphatic heterocycles. The molecule has 1 atom stereocenters. The summed E-state index contributed by atoms with van der Waals surface area (Å²) < 4.78 is 36.4. The minimum Gasteiger partial charge on any atom is -0.330 e. The summed E-state index contributed by atoms with van der Waals surface area (Å²) in [5.74, 6) is -0.447. The molecule has 0 saturated carbocycles. The summed E-state index contributed by atoms with van der Waals surface area (Å²) in [6.45, 7) is 1.72. The monoisotopic (exact) mass is 215 g/mol. The van der Waals surface area contributed by atoms with E-state index in [9.17, 15) is 13.2 Å². The number of halogens is 3. The van der Waals surface area contributed by atoms with Crippen molar-refractivity contribution in [2.45, 2.75) is 25.9 Å². The Labute approximate surface area is 81.3 Å². The lowest BCUT2D eigenvalue weighted by atomic mass is 10.2. The number of nitrogens with two attached hydrogens (primary N) is 1. The molecular weight excluding hydrogens is 199 g/mol. The van der Waals surface area contributed by atoms with Crippen LogP contribution < -0.4 is 5.73 Å². The molecule has 0 aromatic rings. The Bertz CT molecular complexity index is 127. The maximum Gasteiger partial charge on any atom is 0.393 e. The van der Waals surface area contributed by atoms with Crippen LogP contribution in [0.5, 0.6) is 0 Å². The average Bonchev–Trinajstić information content (AvgIpc) is 2.02. The summed E-state index contributed by atoms with van der Waals surface area (Å²) in [6, 6.07) is 0. The Kier molecular flexibility index (Phi) is 6.59. The quantitative estimate of drug-likeness (QED) is 0.689. The first-order valence-corrected chi connectivity index (χ1v) is 5.52. The fourth-order valence-corrected chi connectivity index (χ4v) is 2.04. The van der Waals surface area contributed by atoms with Gasteiger partial charge in [0.05, 0.1) is 5.92 Å². The first-order valence-electron chi connectivity index (χ1n) is 4.36. The highest BCUT2D eigenvalue weighted by atomic mass is 32.2. The van der Waals surface area contributed by atoms with Crippen molar-refractivity contribution in [3.63, 3.8) is 0 Å². The van der Waals surface area contributed by atoms with Gasteiger partial charge in [0, 0.05) is 12.3 Å². The van der Waals surface area contributed by atoms with Gasteiger partial charge in [-0.2, -0.15) is 24.9 Å². The highest BCUT2D eigenvalue weighted by molar-refractivity contribution is 7.99. The van der Waals surface area contributed by atoms with Crippen molar-refractivity contribution >= 4 is 11.8 Å². The van der Waals surface area contributed by atoms with Gasteiger partial charge in [0.1, 0.15) is 0 Å². The van der Waals surface area contributed by atoms with E-state index in [4.69, 9.17) is 5.73 Å². The molecule has 2 N–H and O–H groups in total. The van der Waals surface area contributed by atoms with Crippen LogP contribution in [0.4, 0.5) is 13.2 Å². The second-order valence-corrected chi connectivity index (χ2v) is 4.05. The Hall–Kier alpha value is 0.100. The molecule has 0 amide bonds. The Morgan fingerprint density at radius 2 is 2.00 bits per heavy atom. The minimum absolute atomic E-state index is 0.0972. The van der Waals surface area contributed by atoms with Crippen LogP contribution >= 0.6 is 11.8 Å². The number of hydrogen-bond acceptors (Lipinski definition) is 2. The second kappa shape index (κ2) is 6.54. The molecular formula is C8H16F3NS. The molecule has 0 aromatic carbocycles. The summed E-state index contributed by atoms with van der Waals surface area (Å²) in [5, 5.41) is 0. The molecule has 5 heteroatoms. The number of unbranched alkanes of at least 4 members (excludes halogenated alkanes) is 1. The van der Waals surface area contributed by atoms with Crippen molar-refractivity contribution in [2.24, 2.45) is 11.7 Å². The first-order chi connectivity index (χ1) is 6.02. The Morgan fingerprint density at radius 3 is 2.38 bits per heavy atom. The zero-order chi connectivity index (χ0) is 10.3. The van der Waals surface area contributed by atoms with Gasteiger partial charge in [-0.1, -0.05) is 13.3 Å². The van der Waals surface area contributed by atoms with Crippen molar-refractivity contribution < 1.29 is 13.2 Å². The van der Waals surface area contributed by atoms with Crippen LogP contribution in [-0.4, -0.2) is 24.2 Å². The van der Waals surface area contributed by atoms with Gasteiger partial charge in [-0.05, 0) is 12.2 Å². The molecule has 0 spiro atoms. The van der Waals surface area contributed by atoms with Crippen molar-refractivity contribution in [1.82, 2.24) is 0 Å². The Morgan fingerprint density at radius 1 is 1.38 bits per heavy atom. The lowest BCUT2D eigenvalue weighted by molar-refractivity contribution is -0.165. The van der Waals surface area contributed by atoms with E-state index >= 15 is 0 Å². The first kappa shape index (κ1) is 13.1. The summed E-state index contributed by atoms with van der Waals surface area (Å²) in [7, 11) is 0. The van der Waals surface area contributed by atoms with Crippen molar-refractivity contribution in [1.29, 1.82) is 0 Å². The predicted octanol–water partition coefficient (Wildman–Crippen LogP) is 2.66. The molecule has 0 radical (unpaired) electrons. The lowest BCUT2D eigenvalue weighted by Gasteiger charge is -2.17. The number of hydrogen-bond donors (Lipinski definition) is 1. The summed E-state index contributed by atoms with van der Waals surface area (Å²) >= 11 is 1.34. The van der Waals surface area contributed by atoms with Crippen LogP contribution in [0.1, 0.15) is 19.8 Å². The van der Waals surface area contributed by atoms with Gasteiger partial charge in [0.25, 0.3) is 0 Å². The molecule has 0 aliphatic rings. The molecule has 0 rings (SSSR count). The molecule has 1 nitrogen and oxygen atoms in total. The SMILES string of the molecule is CCCCSCC(CN)C(F)(F)F. The van der Waals surface area contributed by atoms with Crippen LogP contribution in [0, 0.1) is 5.92 Å². The summed E-state index contributed by atoms with van der Waals surface area (Å²) in [6.07, 6.45) is -2.14. The fourth-order valence-electron chi connectivity index (χ4n) is 0.768. The van der Waals surface area contributed by atoms with Crippen molar-refractivity contribution in [3.05, 3.63) is 0 Å². The fraction of sp³-hybridized carbons (Fsp3) is 1.00. The average molecular weight is 215 g/mol. The van der Waals surface area contributed by atoms with Gasteiger partial charge in [-0.25, -0.2) is 0 Å². The molecule has 0 aromatic heterocycles. The largest absolute Gasteiger partial charge is 0.393 e. The highest BCUT2D eigenvalue weighted by Crippen LogP contribution is 2.28. The van der Waals surface area contributed by atoms with Crippen LogP contribution in [0.3, 0.4) is 0 Å². The maximum atomic E-state index is 12.1. The molecule has 0 bridgehead atoms. The Balaban J connectivity index is 3.61. The zero-order valence-electron chi connectivity index (χ0n) is 7.73. The van der Waals surface area contributed by atoms with E-state index in [1.54, 1.807) is 0 Å². The third-order valence-electron chi connectivity index (χ3n) is 1.71. The topological polar surface area (TPSA) is 26.0 Å². The zero-order valence-corrected chi connectivity index (χ0v) is 8.55. The molecule has 1 unspecified atom stereocenters. The predicted molar refractivity (Wildman–Crippen MR) is 50.8 cm³/mol. The molecule has 0 fully saturated rings. The number of alkyl halides is 3. The minimum atomic E-state index is -4.13. The molecule has 13 heavy (non-hydrogen) atoms. The molecule has 0 saturated heterocycles. The van der Waals surface area contributed by atoms with Gasteiger partial charge in [0.15, 0.2) is 0 Å². The summed E-state index contributed by atoms with van der Waals surface area (Å²) in [4.78, 5) is 0. The summed E-state index contributed by atoms with van der Waals surface area (Å²) in [5.41, 5.74) is 5.04. The van der Waals surface area contributed by atoms with Gasteiger partial charge in [0.2, 0.25) is 0 Å². The molecule has 0 heterocycles. The maximum absolute atomic E-state index is 12.1. The lowest BCUT2D eigenvalue weighted by Crippen LogP contribution is -2.32. The van der Waals surface area contributed by atoms with Crippen LogP contribution in [-0.2, 0) is 0 Å². The van der Waals surface area contributed by atoms with E-state index in [1.807, 2.05) is 6.92 Å². The normalized spacial score (nSPS) is 14.5. The van der Waals surface area contributed by atoms with Gasteiger partial charge >= 0.3 is 6.18 Å². The standard InChI is InChI=1S/C8H16F3NS/c1-2-3-4-13-6-7(5-12)8(9,10)11/h7H,2-6,12H2,1H3.